The van der Waals surface area contributed by atoms with Gasteiger partial charge in [-0.2, -0.15) is 5.10 Å². The molecule has 134 valence electrons. The van der Waals surface area contributed by atoms with Gasteiger partial charge in [0.15, 0.2) is 5.65 Å². The summed E-state index contributed by atoms with van der Waals surface area (Å²) in [5.74, 6) is 0.305. The van der Waals surface area contributed by atoms with Crippen LogP contribution in [0.4, 0.5) is 8.78 Å². The van der Waals surface area contributed by atoms with Crippen LogP contribution < -0.4 is 10.1 Å². The molecular formula is C18H16F2N4O2. The van der Waals surface area contributed by atoms with Gasteiger partial charge in [-0.1, -0.05) is 0 Å². The van der Waals surface area contributed by atoms with E-state index in [-0.39, 0.29) is 28.9 Å². The SMILES string of the molecule is COc1ccc(-c2cc(C(F)F)n3ncc(C(=O)NC4CC4)c3n2)cc1. The van der Waals surface area contributed by atoms with E-state index in [1.807, 2.05) is 0 Å². The molecule has 3 aromatic rings. The minimum Gasteiger partial charge on any atom is -0.497 e. The van der Waals surface area contributed by atoms with Gasteiger partial charge in [-0.25, -0.2) is 18.3 Å². The molecule has 6 nitrogen and oxygen atoms in total. The Morgan fingerprint density at radius 2 is 2.04 bits per heavy atom. The molecule has 2 heterocycles. The zero-order chi connectivity index (χ0) is 18.3. The number of halogens is 2. The third-order valence-corrected chi connectivity index (χ3v) is 4.27. The first-order valence-corrected chi connectivity index (χ1v) is 8.19. The van der Waals surface area contributed by atoms with E-state index in [0.29, 0.717) is 17.0 Å². The van der Waals surface area contributed by atoms with Crippen molar-refractivity contribution < 1.29 is 18.3 Å². The average Bonchev–Trinajstić information content (AvgIpc) is 3.35. The third kappa shape index (κ3) is 2.98. The molecule has 0 spiro atoms. The van der Waals surface area contributed by atoms with Gasteiger partial charge in [-0.15, -0.1) is 0 Å². The number of rotatable bonds is 5. The number of ether oxygens (including phenoxy) is 1. The minimum absolute atomic E-state index is 0.117. The van der Waals surface area contributed by atoms with Gasteiger partial charge in [-0.3, -0.25) is 4.79 Å². The number of fused-ring (bicyclic) bond motifs is 1. The molecule has 0 saturated heterocycles. The van der Waals surface area contributed by atoms with Crippen molar-refractivity contribution in [1.82, 2.24) is 19.9 Å². The van der Waals surface area contributed by atoms with Crippen molar-refractivity contribution in [1.29, 1.82) is 0 Å². The van der Waals surface area contributed by atoms with Gasteiger partial charge in [0, 0.05) is 11.6 Å². The van der Waals surface area contributed by atoms with Gasteiger partial charge in [0.05, 0.1) is 19.0 Å². The molecule has 0 bridgehead atoms. The van der Waals surface area contributed by atoms with Crippen molar-refractivity contribution in [2.75, 3.05) is 7.11 Å². The summed E-state index contributed by atoms with van der Waals surface area (Å²) in [6, 6.07) is 8.34. The highest BCUT2D eigenvalue weighted by atomic mass is 19.3. The Morgan fingerprint density at radius 1 is 1.31 bits per heavy atom. The number of amides is 1. The first-order chi connectivity index (χ1) is 12.6. The van der Waals surface area contributed by atoms with E-state index in [1.54, 1.807) is 31.4 Å². The summed E-state index contributed by atoms with van der Waals surface area (Å²) in [5, 5.41) is 6.78. The van der Waals surface area contributed by atoms with Crippen LogP contribution in [0.15, 0.2) is 36.5 Å². The fourth-order valence-corrected chi connectivity index (χ4v) is 2.70. The molecule has 2 aromatic heterocycles. The van der Waals surface area contributed by atoms with Crippen LogP contribution in [0.5, 0.6) is 5.75 Å². The quantitative estimate of drug-likeness (QED) is 0.760. The van der Waals surface area contributed by atoms with Crippen molar-refractivity contribution >= 4 is 11.6 Å². The predicted molar refractivity (Wildman–Crippen MR) is 90.4 cm³/mol. The third-order valence-electron chi connectivity index (χ3n) is 4.27. The lowest BCUT2D eigenvalue weighted by Crippen LogP contribution is -2.25. The lowest BCUT2D eigenvalue weighted by molar-refractivity contribution is 0.0952. The Hall–Kier alpha value is -3.03. The van der Waals surface area contributed by atoms with Gasteiger partial charge in [0.1, 0.15) is 17.0 Å². The minimum atomic E-state index is -2.75. The fourth-order valence-electron chi connectivity index (χ4n) is 2.70. The number of hydrogen-bond acceptors (Lipinski definition) is 4. The number of hydrogen-bond donors (Lipinski definition) is 1. The number of carbonyl (C=O) groups is 1. The van der Waals surface area contributed by atoms with Crippen LogP contribution in [-0.2, 0) is 0 Å². The highest BCUT2D eigenvalue weighted by Crippen LogP contribution is 2.28. The molecule has 1 N–H and O–H groups in total. The summed E-state index contributed by atoms with van der Waals surface area (Å²) in [5.41, 5.74) is 0.980. The zero-order valence-corrected chi connectivity index (χ0v) is 13.9. The Morgan fingerprint density at radius 3 is 2.65 bits per heavy atom. The van der Waals surface area contributed by atoms with E-state index in [2.05, 4.69) is 15.4 Å². The number of carbonyl (C=O) groups excluding carboxylic acids is 1. The van der Waals surface area contributed by atoms with Crippen molar-refractivity contribution in [3.63, 3.8) is 0 Å². The van der Waals surface area contributed by atoms with Crippen LogP contribution in [0.3, 0.4) is 0 Å². The van der Waals surface area contributed by atoms with Crippen LogP contribution in [-0.4, -0.2) is 33.7 Å². The molecule has 1 aliphatic rings. The maximum atomic E-state index is 13.5. The Labute approximate surface area is 147 Å². The summed E-state index contributed by atoms with van der Waals surface area (Å²) in [4.78, 5) is 16.8. The molecule has 1 fully saturated rings. The number of aromatic nitrogens is 3. The largest absolute Gasteiger partial charge is 0.497 e. The first-order valence-electron chi connectivity index (χ1n) is 8.19. The molecule has 0 aliphatic heterocycles. The van der Waals surface area contributed by atoms with E-state index in [1.165, 1.54) is 12.3 Å². The van der Waals surface area contributed by atoms with Crippen LogP contribution in [0, 0.1) is 0 Å². The maximum absolute atomic E-state index is 13.5. The van der Waals surface area contributed by atoms with E-state index in [4.69, 9.17) is 4.74 Å². The van der Waals surface area contributed by atoms with Crippen LogP contribution >= 0.6 is 0 Å². The van der Waals surface area contributed by atoms with E-state index >= 15 is 0 Å². The summed E-state index contributed by atoms with van der Waals surface area (Å²) in [6.07, 6.45) is 0.385. The molecule has 4 rings (SSSR count). The molecular weight excluding hydrogens is 342 g/mol. The van der Waals surface area contributed by atoms with E-state index < -0.39 is 6.43 Å². The molecule has 1 saturated carbocycles. The first kappa shape index (κ1) is 16.4. The molecule has 1 amide bonds. The summed E-state index contributed by atoms with van der Waals surface area (Å²) in [7, 11) is 1.55. The molecule has 8 heteroatoms. The average molecular weight is 358 g/mol. The number of alkyl halides is 2. The predicted octanol–water partition coefficient (Wildman–Crippen LogP) is 3.23. The van der Waals surface area contributed by atoms with Crippen molar-refractivity contribution in [3.05, 3.63) is 47.8 Å². The van der Waals surface area contributed by atoms with Crippen LogP contribution in [0.25, 0.3) is 16.9 Å². The van der Waals surface area contributed by atoms with Crippen molar-refractivity contribution in [2.45, 2.75) is 25.3 Å². The lowest BCUT2D eigenvalue weighted by Gasteiger charge is -2.09. The Kier molecular flexibility index (Phi) is 4.02. The van der Waals surface area contributed by atoms with Gasteiger partial charge in [0.2, 0.25) is 0 Å². The monoisotopic (exact) mass is 358 g/mol. The highest BCUT2D eigenvalue weighted by molar-refractivity contribution is 6.00. The molecule has 1 aromatic carbocycles. The molecule has 0 unspecified atom stereocenters. The van der Waals surface area contributed by atoms with Crippen molar-refractivity contribution in [3.8, 4) is 17.0 Å². The van der Waals surface area contributed by atoms with Gasteiger partial charge < -0.3 is 10.1 Å². The fraction of sp³-hybridized carbons (Fsp3) is 0.278. The van der Waals surface area contributed by atoms with E-state index in [9.17, 15) is 13.6 Å². The number of methoxy groups -OCH3 is 1. The summed E-state index contributed by atoms with van der Waals surface area (Å²) in [6.45, 7) is 0. The number of nitrogens with one attached hydrogen (secondary N) is 1. The summed E-state index contributed by atoms with van der Waals surface area (Å²) >= 11 is 0. The van der Waals surface area contributed by atoms with Crippen LogP contribution in [0.2, 0.25) is 0 Å². The standard InChI is InChI=1S/C18H16F2N4O2/c1-26-12-6-2-10(3-7-12)14-8-15(16(19)20)24-17(23-14)13(9-21-24)18(25)22-11-4-5-11/h2-3,6-9,11,16H,4-5H2,1H3,(H,22,25). The Balaban J connectivity index is 1.83. The molecule has 0 atom stereocenters. The van der Waals surface area contributed by atoms with Gasteiger partial charge in [0.25, 0.3) is 12.3 Å². The lowest BCUT2D eigenvalue weighted by atomic mass is 10.1. The second-order valence-corrected chi connectivity index (χ2v) is 6.14. The van der Waals surface area contributed by atoms with Crippen LogP contribution in [0.1, 0.15) is 35.3 Å². The van der Waals surface area contributed by atoms with Gasteiger partial charge >= 0.3 is 0 Å². The number of benzene rings is 1. The Bertz CT molecular complexity index is 965. The summed E-state index contributed by atoms with van der Waals surface area (Å²) < 4.78 is 33.2. The van der Waals surface area contributed by atoms with Gasteiger partial charge in [-0.05, 0) is 43.2 Å². The maximum Gasteiger partial charge on any atom is 0.280 e. The normalized spacial score (nSPS) is 14.0. The molecule has 0 radical (unpaired) electrons. The van der Waals surface area contributed by atoms with E-state index in [0.717, 1.165) is 17.4 Å². The second kappa shape index (κ2) is 6.36. The number of nitrogens with zero attached hydrogens (tertiary/aromatic N) is 3. The smallest absolute Gasteiger partial charge is 0.280 e. The molecule has 26 heavy (non-hydrogen) atoms. The topological polar surface area (TPSA) is 68.5 Å². The molecule has 1 aliphatic carbocycles. The second-order valence-electron chi connectivity index (χ2n) is 6.14. The zero-order valence-electron chi connectivity index (χ0n) is 13.9. The van der Waals surface area contributed by atoms with Crippen molar-refractivity contribution in [2.24, 2.45) is 0 Å². The highest BCUT2D eigenvalue weighted by Gasteiger charge is 2.27.